The predicted octanol–water partition coefficient (Wildman–Crippen LogP) is 0.299. The molecular formula is C11H21N3O3. The van der Waals surface area contributed by atoms with Crippen LogP contribution in [0.4, 0.5) is 0 Å². The number of carbonyl (C=O) groups is 1. The molecule has 1 aliphatic heterocycles. The molecule has 0 spiro atoms. The summed E-state index contributed by atoms with van der Waals surface area (Å²) < 4.78 is 5.34. The number of ether oxygens (including phenoxy) is 1. The Hall–Kier alpha value is -1.30. The highest BCUT2D eigenvalue weighted by Crippen LogP contribution is 2.19. The van der Waals surface area contributed by atoms with E-state index in [9.17, 15) is 4.79 Å². The highest BCUT2D eigenvalue weighted by atomic mass is 16.5. The van der Waals surface area contributed by atoms with Gasteiger partial charge in [0.1, 0.15) is 0 Å². The average Bonchev–Trinajstić information content (AvgIpc) is 2.71. The van der Waals surface area contributed by atoms with E-state index in [2.05, 4.69) is 10.5 Å². The van der Waals surface area contributed by atoms with Crippen LogP contribution in [0, 0.1) is 11.8 Å². The molecule has 0 saturated carbocycles. The van der Waals surface area contributed by atoms with E-state index in [1.165, 1.54) is 0 Å². The highest BCUT2D eigenvalue weighted by molar-refractivity contribution is 5.90. The molecule has 1 fully saturated rings. The van der Waals surface area contributed by atoms with Gasteiger partial charge in [0.15, 0.2) is 5.84 Å². The Kier molecular flexibility index (Phi) is 4.74. The summed E-state index contributed by atoms with van der Waals surface area (Å²) in [6.07, 6.45) is 0.833. The topological polar surface area (TPSA) is 96.9 Å². The molecule has 1 saturated heterocycles. The zero-order valence-electron chi connectivity index (χ0n) is 10.5. The van der Waals surface area contributed by atoms with Crippen LogP contribution in [0.25, 0.3) is 0 Å². The van der Waals surface area contributed by atoms with Crippen LogP contribution in [-0.2, 0) is 9.53 Å². The number of amidine groups is 1. The van der Waals surface area contributed by atoms with Gasteiger partial charge in [0.2, 0.25) is 5.91 Å². The summed E-state index contributed by atoms with van der Waals surface area (Å²) >= 11 is 0. The summed E-state index contributed by atoms with van der Waals surface area (Å²) in [4.78, 5) is 11.9. The summed E-state index contributed by atoms with van der Waals surface area (Å²) in [6.45, 7) is 6.18. The number of carbonyl (C=O) groups excluding carboxylic acids is 1. The molecular weight excluding hydrogens is 222 g/mol. The van der Waals surface area contributed by atoms with Gasteiger partial charge in [0.25, 0.3) is 0 Å². The van der Waals surface area contributed by atoms with Gasteiger partial charge in [-0.25, -0.2) is 0 Å². The Balaban J connectivity index is 2.58. The summed E-state index contributed by atoms with van der Waals surface area (Å²) in [5.74, 6) is -0.146. The Morgan fingerprint density at radius 2 is 2.24 bits per heavy atom. The largest absolute Gasteiger partial charge is 0.409 e. The second-order valence-electron chi connectivity index (χ2n) is 4.83. The third-order valence-electron chi connectivity index (χ3n) is 2.97. The maximum atomic E-state index is 11.9. The molecule has 3 atom stereocenters. The van der Waals surface area contributed by atoms with Gasteiger partial charge in [-0.3, -0.25) is 4.79 Å². The van der Waals surface area contributed by atoms with Gasteiger partial charge >= 0.3 is 0 Å². The fourth-order valence-electron chi connectivity index (χ4n) is 1.92. The molecule has 1 rings (SSSR count). The SMILES string of the molecule is CC1CC(C(=O)NC(C(N)=NO)C(C)C)CO1. The molecule has 1 heterocycles. The monoisotopic (exact) mass is 243 g/mol. The molecule has 17 heavy (non-hydrogen) atoms. The first-order valence-electron chi connectivity index (χ1n) is 5.85. The second kappa shape index (κ2) is 5.86. The molecule has 0 radical (unpaired) electrons. The zero-order chi connectivity index (χ0) is 13.0. The number of nitrogens with zero attached hydrogens (tertiary/aromatic N) is 1. The van der Waals surface area contributed by atoms with E-state index in [0.717, 1.165) is 0 Å². The molecule has 1 aliphatic rings. The van der Waals surface area contributed by atoms with E-state index in [-0.39, 0.29) is 29.7 Å². The van der Waals surface area contributed by atoms with E-state index >= 15 is 0 Å². The van der Waals surface area contributed by atoms with Crippen LogP contribution in [0.3, 0.4) is 0 Å². The first-order chi connectivity index (χ1) is 7.95. The first kappa shape index (κ1) is 13.8. The fourth-order valence-corrected chi connectivity index (χ4v) is 1.92. The number of amides is 1. The standard InChI is InChI=1S/C11H21N3O3/c1-6(2)9(10(12)14-16)13-11(15)8-4-7(3)17-5-8/h6-9,16H,4-5H2,1-3H3,(H2,12,14)(H,13,15). The average molecular weight is 243 g/mol. The van der Waals surface area contributed by atoms with Gasteiger partial charge in [-0.2, -0.15) is 0 Å². The maximum absolute atomic E-state index is 11.9. The smallest absolute Gasteiger partial charge is 0.226 e. The zero-order valence-corrected chi connectivity index (χ0v) is 10.5. The molecule has 0 aliphatic carbocycles. The number of nitrogens with two attached hydrogens (primary N) is 1. The Morgan fingerprint density at radius 3 is 2.65 bits per heavy atom. The number of nitrogens with one attached hydrogen (secondary N) is 1. The number of rotatable bonds is 4. The van der Waals surface area contributed by atoms with Crippen molar-refractivity contribution in [1.82, 2.24) is 5.32 Å². The molecule has 1 amide bonds. The van der Waals surface area contributed by atoms with Crippen molar-refractivity contribution in [3.8, 4) is 0 Å². The van der Waals surface area contributed by atoms with Gasteiger partial charge in [0, 0.05) is 0 Å². The van der Waals surface area contributed by atoms with Gasteiger partial charge in [-0.05, 0) is 19.3 Å². The van der Waals surface area contributed by atoms with Crippen LogP contribution >= 0.6 is 0 Å². The lowest BCUT2D eigenvalue weighted by Crippen LogP contribution is -2.49. The number of hydrogen-bond acceptors (Lipinski definition) is 4. The molecule has 6 nitrogen and oxygen atoms in total. The lowest BCUT2D eigenvalue weighted by Gasteiger charge is -2.22. The van der Waals surface area contributed by atoms with Crippen molar-refractivity contribution in [3.05, 3.63) is 0 Å². The van der Waals surface area contributed by atoms with Gasteiger partial charge in [-0.1, -0.05) is 19.0 Å². The normalized spacial score (nSPS) is 27.2. The third-order valence-corrected chi connectivity index (χ3v) is 2.97. The van der Waals surface area contributed by atoms with E-state index < -0.39 is 6.04 Å². The Bertz CT molecular complexity index is 304. The lowest BCUT2D eigenvalue weighted by atomic mass is 10.0. The molecule has 0 aromatic rings. The first-order valence-corrected chi connectivity index (χ1v) is 5.85. The van der Waals surface area contributed by atoms with Crippen LogP contribution in [0.1, 0.15) is 27.2 Å². The van der Waals surface area contributed by atoms with Gasteiger partial charge in [0.05, 0.1) is 24.7 Å². The van der Waals surface area contributed by atoms with Crippen molar-refractivity contribution >= 4 is 11.7 Å². The van der Waals surface area contributed by atoms with Crippen LogP contribution in [0.15, 0.2) is 5.16 Å². The summed E-state index contributed by atoms with van der Waals surface area (Å²) in [6, 6.07) is -0.441. The molecule has 6 heteroatoms. The second-order valence-corrected chi connectivity index (χ2v) is 4.83. The Morgan fingerprint density at radius 1 is 1.59 bits per heavy atom. The van der Waals surface area contributed by atoms with Crippen molar-refractivity contribution in [2.45, 2.75) is 39.3 Å². The minimum absolute atomic E-state index is 0.0281. The quantitative estimate of drug-likeness (QED) is 0.286. The van der Waals surface area contributed by atoms with E-state index in [1.807, 2.05) is 20.8 Å². The van der Waals surface area contributed by atoms with Crippen molar-refractivity contribution in [1.29, 1.82) is 0 Å². The fraction of sp³-hybridized carbons (Fsp3) is 0.818. The van der Waals surface area contributed by atoms with Gasteiger partial charge < -0.3 is 21.0 Å². The molecule has 0 aromatic carbocycles. The number of oxime groups is 1. The van der Waals surface area contributed by atoms with Crippen molar-refractivity contribution < 1.29 is 14.7 Å². The van der Waals surface area contributed by atoms with Crippen LogP contribution in [0.2, 0.25) is 0 Å². The lowest BCUT2D eigenvalue weighted by molar-refractivity contribution is -0.125. The summed E-state index contributed by atoms with van der Waals surface area (Å²) in [5, 5.41) is 14.4. The molecule has 0 aromatic heterocycles. The maximum Gasteiger partial charge on any atom is 0.226 e. The van der Waals surface area contributed by atoms with Crippen molar-refractivity contribution in [2.75, 3.05) is 6.61 Å². The van der Waals surface area contributed by atoms with E-state index in [0.29, 0.717) is 13.0 Å². The molecule has 0 bridgehead atoms. The van der Waals surface area contributed by atoms with Gasteiger partial charge in [-0.15, -0.1) is 0 Å². The Labute approximate surface area is 101 Å². The van der Waals surface area contributed by atoms with E-state index in [4.69, 9.17) is 15.7 Å². The highest BCUT2D eigenvalue weighted by Gasteiger charge is 2.31. The van der Waals surface area contributed by atoms with Crippen LogP contribution in [0.5, 0.6) is 0 Å². The summed E-state index contributed by atoms with van der Waals surface area (Å²) in [7, 11) is 0. The van der Waals surface area contributed by atoms with Crippen molar-refractivity contribution in [3.63, 3.8) is 0 Å². The van der Waals surface area contributed by atoms with Crippen molar-refractivity contribution in [2.24, 2.45) is 22.7 Å². The predicted molar refractivity (Wildman–Crippen MR) is 63.7 cm³/mol. The third kappa shape index (κ3) is 3.59. The van der Waals surface area contributed by atoms with E-state index in [1.54, 1.807) is 0 Å². The minimum Gasteiger partial charge on any atom is -0.409 e. The minimum atomic E-state index is -0.441. The molecule has 98 valence electrons. The molecule has 4 N–H and O–H groups in total. The van der Waals surface area contributed by atoms with Crippen LogP contribution in [-0.4, -0.2) is 35.7 Å². The summed E-state index contributed by atoms with van der Waals surface area (Å²) in [5.41, 5.74) is 5.55. The number of hydrogen-bond donors (Lipinski definition) is 3. The molecule has 3 unspecified atom stereocenters. The van der Waals surface area contributed by atoms with Crippen LogP contribution < -0.4 is 11.1 Å².